The molecule has 1 aliphatic heterocycles. The van der Waals surface area contributed by atoms with Crippen molar-refractivity contribution in [1.29, 1.82) is 0 Å². The number of hydrogen-bond donors (Lipinski definition) is 1. The molecule has 1 aromatic rings. The second kappa shape index (κ2) is 5.03. The molecule has 1 saturated heterocycles. The van der Waals surface area contributed by atoms with Crippen LogP contribution in [0.3, 0.4) is 0 Å². The maximum atomic E-state index is 13.0. The van der Waals surface area contributed by atoms with E-state index in [0.717, 1.165) is 13.0 Å². The molecular formula is C12H13FN2O3. The van der Waals surface area contributed by atoms with Crippen molar-refractivity contribution in [2.24, 2.45) is 5.73 Å². The molecule has 0 radical (unpaired) electrons. The van der Waals surface area contributed by atoms with Crippen molar-refractivity contribution in [2.75, 3.05) is 18.1 Å². The van der Waals surface area contributed by atoms with E-state index in [1.54, 1.807) is 6.07 Å². The first-order valence-electron chi connectivity index (χ1n) is 5.55. The van der Waals surface area contributed by atoms with Crippen LogP contribution in [0.5, 0.6) is 0 Å². The van der Waals surface area contributed by atoms with Gasteiger partial charge in [-0.1, -0.05) is 0 Å². The lowest BCUT2D eigenvalue weighted by molar-refractivity contribution is 0.112. The van der Waals surface area contributed by atoms with Crippen molar-refractivity contribution in [3.05, 3.63) is 29.6 Å². The SMILES string of the molecule is NC(=O)OCC1CCN1c1ccc(F)cc1C=O. The summed E-state index contributed by atoms with van der Waals surface area (Å²) in [5.74, 6) is -0.452. The first-order chi connectivity index (χ1) is 8.61. The molecule has 18 heavy (non-hydrogen) atoms. The molecule has 1 heterocycles. The van der Waals surface area contributed by atoms with E-state index in [0.29, 0.717) is 17.5 Å². The Bertz CT molecular complexity index is 478. The summed E-state index contributed by atoms with van der Waals surface area (Å²) in [5, 5.41) is 0. The summed E-state index contributed by atoms with van der Waals surface area (Å²) in [4.78, 5) is 23.3. The largest absolute Gasteiger partial charge is 0.448 e. The number of halogens is 1. The maximum Gasteiger partial charge on any atom is 0.404 e. The van der Waals surface area contributed by atoms with Crippen molar-refractivity contribution < 1.29 is 18.7 Å². The zero-order chi connectivity index (χ0) is 13.1. The normalized spacial score (nSPS) is 18.1. The van der Waals surface area contributed by atoms with Crippen molar-refractivity contribution in [3.63, 3.8) is 0 Å². The Hall–Kier alpha value is -2.11. The molecule has 6 heteroatoms. The summed E-state index contributed by atoms with van der Waals surface area (Å²) in [6.07, 6.45) is 0.627. The number of amides is 1. The minimum absolute atomic E-state index is 0.0124. The summed E-state index contributed by atoms with van der Waals surface area (Å²) >= 11 is 0. The predicted molar refractivity (Wildman–Crippen MR) is 63.1 cm³/mol. The molecule has 1 unspecified atom stereocenters. The van der Waals surface area contributed by atoms with E-state index in [1.807, 2.05) is 4.90 Å². The zero-order valence-corrected chi connectivity index (χ0v) is 9.64. The van der Waals surface area contributed by atoms with Crippen LogP contribution < -0.4 is 10.6 Å². The average Bonchev–Trinajstić information content (AvgIpc) is 2.29. The van der Waals surface area contributed by atoms with E-state index in [1.165, 1.54) is 12.1 Å². The Labute approximate surface area is 103 Å². The number of rotatable bonds is 4. The molecule has 1 aromatic carbocycles. The predicted octanol–water partition coefficient (Wildman–Crippen LogP) is 1.31. The second-order valence-corrected chi connectivity index (χ2v) is 4.09. The van der Waals surface area contributed by atoms with Crippen LogP contribution in [0.25, 0.3) is 0 Å². The highest BCUT2D eigenvalue weighted by molar-refractivity contribution is 5.85. The molecule has 1 atom stereocenters. The van der Waals surface area contributed by atoms with E-state index in [2.05, 4.69) is 0 Å². The molecule has 0 aliphatic carbocycles. The molecule has 1 fully saturated rings. The standard InChI is InChI=1S/C12H13FN2O3/c13-9-1-2-11(8(5-9)6-16)15-4-3-10(15)7-18-12(14)17/h1-2,5-6,10H,3-4,7H2,(H2,14,17). The summed E-state index contributed by atoms with van der Waals surface area (Å²) in [5.41, 5.74) is 5.83. The number of carbonyl (C=O) groups excluding carboxylic acids is 2. The fourth-order valence-electron chi connectivity index (χ4n) is 1.99. The number of carbonyl (C=O) groups is 2. The number of aldehydes is 1. The molecule has 0 aromatic heterocycles. The second-order valence-electron chi connectivity index (χ2n) is 4.09. The number of ether oxygens (including phenoxy) is 1. The summed E-state index contributed by atoms with van der Waals surface area (Å²) in [7, 11) is 0. The first-order valence-corrected chi connectivity index (χ1v) is 5.55. The smallest absolute Gasteiger partial charge is 0.404 e. The van der Waals surface area contributed by atoms with Gasteiger partial charge in [-0.05, 0) is 24.6 Å². The Kier molecular flexibility index (Phi) is 3.45. The third kappa shape index (κ3) is 2.42. The monoisotopic (exact) mass is 252 g/mol. The van der Waals surface area contributed by atoms with E-state index in [9.17, 15) is 14.0 Å². The number of nitrogens with two attached hydrogens (primary N) is 1. The quantitative estimate of drug-likeness (QED) is 0.820. The van der Waals surface area contributed by atoms with Crippen LogP contribution >= 0.6 is 0 Å². The average molecular weight is 252 g/mol. The van der Waals surface area contributed by atoms with Gasteiger partial charge < -0.3 is 15.4 Å². The lowest BCUT2D eigenvalue weighted by Gasteiger charge is -2.42. The van der Waals surface area contributed by atoms with E-state index >= 15 is 0 Å². The van der Waals surface area contributed by atoms with Crippen molar-refractivity contribution >= 4 is 18.1 Å². The Balaban J connectivity index is 2.12. The fourth-order valence-corrected chi connectivity index (χ4v) is 1.99. The fraction of sp³-hybridized carbons (Fsp3) is 0.333. The van der Waals surface area contributed by atoms with Gasteiger partial charge in [0.2, 0.25) is 0 Å². The van der Waals surface area contributed by atoms with Gasteiger partial charge in [0.1, 0.15) is 12.4 Å². The van der Waals surface area contributed by atoms with Crippen LogP contribution in [0.1, 0.15) is 16.8 Å². The summed E-state index contributed by atoms with van der Waals surface area (Å²) < 4.78 is 17.7. The van der Waals surface area contributed by atoms with E-state index < -0.39 is 11.9 Å². The minimum atomic E-state index is -0.823. The van der Waals surface area contributed by atoms with Gasteiger partial charge >= 0.3 is 6.09 Å². The number of primary amides is 1. The first kappa shape index (κ1) is 12.3. The van der Waals surface area contributed by atoms with Gasteiger partial charge in [-0.15, -0.1) is 0 Å². The van der Waals surface area contributed by atoms with Gasteiger partial charge in [0.05, 0.1) is 6.04 Å². The minimum Gasteiger partial charge on any atom is -0.448 e. The lowest BCUT2D eigenvalue weighted by Crippen LogP contribution is -2.51. The molecule has 0 spiro atoms. The van der Waals surface area contributed by atoms with Gasteiger partial charge in [-0.25, -0.2) is 9.18 Å². The van der Waals surface area contributed by atoms with Crippen LogP contribution in [-0.4, -0.2) is 31.6 Å². The number of anilines is 1. The molecule has 5 nitrogen and oxygen atoms in total. The molecular weight excluding hydrogens is 239 g/mol. The van der Waals surface area contributed by atoms with Gasteiger partial charge in [-0.2, -0.15) is 0 Å². The number of benzene rings is 1. The summed E-state index contributed by atoms with van der Waals surface area (Å²) in [6.45, 7) is 0.907. The highest BCUT2D eigenvalue weighted by Gasteiger charge is 2.30. The van der Waals surface area contributed by atoms with E-state index in [4.69, 9.17) is 10.5 Å². The topological polar surface area (TPSA) is 72.6 Å². The third-order valence-electron chi connectivity index (χ3n) is 2.99. The van der Waals surface area contributed by atoms with Crippen LogP contribution in [-0.2, 0) is 4.74 Å². The van der Waals surface area contributed by atoms with Crippen molar-refractivity contribution in [1.82, 2.24) is 0 Å². The van der Waals surface area contributed by atoms with Gasteiger partial charge in [-0.3, -0.25) is 4.79 Å². The van der Waals surface area contributed by atoms with Crippen molar-refractivity contribution in [2.45, 2.75) is 12.5 Å². The van der Waals surface area contributed by atoms with Crippen LogP contribution in [0.4, 0.5) is 14.9 Å². The van der Waals surface area contributed by atoms with Gasteiger partial charge in [0, 0.05) is 17.8 Å². The lowest BCUT2D eigenvalue weighted by atomic mass is 10.0. The number of hydrogen-bond acceptors (Lipinski definition) is 4. The molecule has 0 saturated carbocycles. The van der Waals surface area contributed by atoms with Crippen molar-refractivity contribution in [3.8, 4) is 0 Å². The molecule has 96 valence electrons. The van der Waals surface area contributed by atoms with Crippen LogP contribution in [0.2, 0.25) is 0 Å². The van der Waals surface area contributed by atoms with Crippen LogP contribution in [0, 0.1) is 5.82 Å². The van der Waals surface area contributed by atoms with Gasteiger partial charge in [0.25, 0.3) is 0 Å². The van der Waals surface area contributed by atoms with Gasteiger partial charge in [0.15, 0.2) is 6.29 Å². The maximum absolute atomic E-state index is 13.0. The Morgan fingerprint density at radius 1 is 1.61 bits per heavy atom. The third-order valence-corrected chi connectivity index (χ3v) is 2.99. The zero-order valence-electron chi connectivity index (χ0n) is 9.64. The molecule has 0 bridgehead atoms. The molecule has 1 amide bonds. The molecule has 2 rings (SSSR count). The molecule has 1 aliphatic rings. The van der Waals surface area contributed by atoms with Crippen LogP contribution in [0.15, 0.2) is 18.2 Å². The highest BCUT2D eigenvalue weighted by Crippen LogP contribution is 2.29. The Morgan fingerprint density at radius 3 is 2.94 bits per heavy atom. The highest BCUT2D eigenvalue weighted by atomic mass is 19.1. The summed E-state index contributed by atoms with van der Waals surface area (Å²) in [6, 6.07) is 4.02. The molecule has 2 N–H and O–H groups in total. The Morgan fingerprint density at radius 2 is 2.39 bits per heavy atom. The number of nitrogens with zero attached hydrogens (tertiary/aromatic N) is 1. The van der Waals surface area contributed by atoms with E-state index in [-0.39, 0.29) is 12.6 Å².